The summed E-state index contributed by atoms with van der Waals surface area (Å²) in [5.74, 6) is 0.376. The van der Waals surface area contributed by atoms with E-state index in [0.29, 0.717) is 12.5 Å². The second-order valence-corrected chi connectivity index (χ2v) is 5.15. The maximum absolute atomic E-state index is 5.58. The molecule has 0 fully saturated rings. The Morgan fingerprint density at radius 3 is 2.35 bits per heavy atom. The molecule has 122 valence electrons. The molecule has 0 bridgehead atoms. The summed E-state index contributed by atoms with van der Waals surface area (Å²) >= 11 is 0. The van der Waals surface area contributed by atoms with Crippen molar-refractivity contribution in [3.05, 3.63) is 78.7 Å². The van der Waals surface area contributed by atoms with Gasteiger partial charge in [-0.15, -0.1) is 0 Å². The van der Waals surface area contributed by atoms with E-state index in [9.17, 15) is 0 Å². The van der Waals surface area contributed by atoms with Gasteiger partial charge in [0.25, 0.3) is 0 Å². The highest BCUT2D eigenvalue weighted by molar-refractivity contribution is 5.62. The molecule has 1 unspecified atom stereocenters. The SMILES string of the molecule is C=C/C(=C\CN)C(C)Cc1ccc(-c2ccccc2)cn1.CC. The van der Waals surface area contributed by atoms with E-state index in [2.05, 4.69) is 42.8 Å². The fraction of sp³-hybridized carbons (Fsp3) is 0.286. The molecule has 2 aromatic rings. The molecule has 0 radical (unpaired) electrons. The van der Waals surface area contributed by atoms with E-state index in [1.54, 1.807) is 0 Å². The number of hydrogen-bond acceptors (Lipinski definition) is 2. The van der Waals surface area contributed by atoms with Gasteiger partial charge in [0.15, 0.2) is 0 Å². The maximum atomic E-state index is 5.58. The molecule has 23 heavy (non-hydrogen) atoms. The molecule has 0 amide bonds. The van der Waals surface area contributed by atoms with Gasteiger partial charge < -0.3 is 5.73 Å². The van der Waals surface area contributed by atoms with Crippen LogP contribution in [0, 0.1) is 5.92 Å². The largest absolute Gasteiger partial charge is 0.327 e. The summed E-state index contributed by atoms with van der Waals surface area (Å²) < 4.78 is 0. The first-order chi connectivity index (χ1) is 11.2. The van der Waals surface area contributed by atoms with Crippen LogP contribution < -0.4 is 5.73 Å². The van der Waals surface area contributed by atoms with Crippen LogP contribution in [0.15, 0.2) is 73.0 Å². The molecule has 0 aliphatic carbocycles. The van der Waals surface area contributed by atoms with Gasteiger partial charge in [0.05, 0.1) is 0 Å². The molecule has 0 aliphatic heterocycles. The van der Waals surface area contributed by atoms with Crippen molar-refractivity contribution in [3.8, 4) is 11.1 Å². The molecule has 0 aliphatic rings. The third-order valence-corrected chi connectivity index (χ3v) is 3.61. The summed E-state index contributed by atoms with van der Waals surface area (Å²) in [6, 6.07) is 14.5. The minimum absolute atomic E-state index is 0.376. The van der Waals surface area contributed by atoms with Crippen molar-refractivity contribution in [1.82, 2.24) is 4.98 Å². The van der Waals surface area contributed by atoms with Crippen LogP contribution in [0.25, 0.3) is 11.1 Å². The maximum Gasteiger partial charge on any atom is 0.0410 e. The van der Waals surface area contributed by atoms with Crippen molar-refractivity contribution >= 4 is 0 Å². The third kappa shape index (κ3) is 5.84. The molecule has 2 heteroatoms. The smallest absolute Gasteiger partial charge is 0.0410 e. The monoisotopic (exact) mass is 308 g/mol. The van der Waals surface area contributed by atoms with Gasteiger partial charge in [-0.2, -0.15) is 0 Å². The van der Waals surface area contributed by atoms with Crippen LogP contribution >= 0.6 is 0 Å². The molecule has 0 saturated heterocycles. The Hall–Kier alpha value is -2.19. The summed E-state index contributed by atoms with van der Waals surface area (Å²) in [5.41, 5.74) is 10.2. The van der Waals surface area contributed by atoms with Crippen LogP contribution in [0.1, 0.15) is 26.5 Å². The fourth-order valence-electron chi connectivity index (χ4n) is 2.40. The Bertz CT molecular complexity index is 597. The van der Waals surface area contributed by atoms with Crippen LogP contribution in [0.2, 0.25) is 0 Å². The molecular weight excluding hydrogens is 280 g/mol. The lowest BCUT2D eigenvalue weighted by atomic mass is 9.95. The van der Waals surface area contributed by atoms with Crippen molar-refractivity contribution in [2.45, 2.75) is 27.2 Å². The molecule has 1 heterocycles. The highest BCUT2D eigenvalue weighted by Gasteiger charge is 2.08. The minimum Gasteiger partial charge on any atom is -0.327 e. The first-order valence-corrected chi connectivity index (χ1v) is 8.27. The average molecular weight is 308 g/mol. The number of benzene rings is 1. The number of nitrogens with two attached hydrogens (primary N) is 1. The number of hydrogen-bond donors (Lipinski definition) is 1. The lowest BCUT2D eigenvalue weighted by Crippen LogP contribution is -2.06. The minimum atomic E-state index is 0.376. The van der Waals surface area contributed by atoms with E-state index in [0.717, 1.165) is 17.7 Å². The van der Waals surface area contributed by atoms with Crippen molar-refractivity contribution in [2.24, 2.45) is 11.7 Å². The molecule has 1 aromatic heterocycles. The van der Waals surface area contributed by atoms with Crippen LogP contribution in [0.5, 0.6) is 0 Å². The van der Waals surface area contributed by atoms with Gasteiger partial charge in [-0.05, 0) is 29.5 Å². The summed E-state index contributed by atoms with van der Waals surface area (Å²) in [5, 5.41) is 0. The van der Waals surface area contributed by atoms with Crippen LogP contribution in [0.3, 0.4) is 0 Å². The first kappa shape index (κ1) is 18.9. The molecule has 2 N–H and O–H groups in total. The molecule has 2 rings (SSSR count). The molecule has 1 aromatic carbocycles. The topological polar surface area (TPSA) is 38.9 Å². The summed E-state index contributed by atoms with van der Waals surface area (Å²) in [6.45, 7) is 10.6. The van der Waals surface area contributed by atoms with Gasteiger partial charge in [-0.3, -0.25) is 4.98 Å². The van der Waals surface area contributed by atoms with E-state index in [1.165, 1.54) is 11.1 Å². The van der Waals surface area contributed by atoms with Crippen LogP contribution in [-0.2, 0) is 6.42 Å². The average Bonchev–Trinajstić information content (AvgIpc) is 2.62. The second kappa shape index (κ2) is 10.5. The number of allylic oxidation sites excluding steroid dienone is 2. The molecule has 0 saturated carbocycles. The van der Waals surface area contributed by atoms with Crippen LogP contribution in [0.4, 0.5) is 0 Å². The van der Waals surface area contributed by atoms with Gasteiger partial charge in [-0.1, -0.05) is 75.9 Å². The predicted octanol–water partition coefficient (Wildman–Crippen LogP) is 5.02. The first-order valence-electron chi connectivity index (χ1n) is 8.27. The lowest BCUT2D eigenvalue weighted by molar-refractivity contribution is 0.677. The predicted molar refractivity (Wildman–Crippen MR) is 101 cm³/mol. The molecular formula is C21H28N2. The van der Waals surface area contributed by atoms with E-state index in [4.69, 9.17) is 5.73 Å². The Labute approximate surface area is 140 Å². The van der Waals surface area contributed by atoms with E-state index >= 15 is 0 Å². The van der Waals surface area contributed by atoms with E-state index in [-0.39, 0.29) is 0 Å². The zero-order valence-corrected chi connectivity index (χ0v) is 14.5. The second-order valence-electron chi connectivity index (χ2n) is 5.15. The summed E-state index contributed by atoms with van der Waals surface area (Å²) in [7, 11) is 0. The number of nitrogens with zero attached hydrogens (tertiary/aromatic N) is 1. The van der Waals surface area contributed by atoms with Gasteiger partial charge in [0, 0.05) is 24.0 Å². The summed E-state index contributed by atoms with van der Waals surface area (Å²) in [4.78, 5) is 4.58. The van der Waals surface area contributed by atoms with Crippen molar-refractivity contribution in [2.75, 3.05) is 6.54 Å². The Kier molecular flexibility index (Phi) is 8.63. The lowest BCUT2D eigenvalue weighted by Gasteiger charge is -2.12. The van der Waals surface area contributed by atoms with Gasteiger partial charge in [0.1, 0.15) is 0 Å². The standard InChI is InChI=1S/C19H22N2.C2H6/c1-3-16(11-12-20)15(2)13-19-10-9-18(14-21-19)17-7-5-4-6-8-17;1-2/h3-11,14-15H,1,12-13,20H2,2H3;1-2H3/b16-11+;. The Balaban J connectivity index is 0.00000127. The molecule has 0 spiro atoms. The van der Waals surface area contributed by atoms with Gasteiger partial charge in [0.2, 0.25) is 0 Å². The molecule has 2 nitrogen and oxygen atoms in total. The van der Waals surface area contributed by atoms with Crippen molar-refractivity contribution < 1.29 is 0 Å². The third-order valence-electron chi connectivity index (χ3n) is 3.61. The summed E-state index contributed by atoms with van der Waals surface area (Å²) in [6.07, 6.45) is 6.75. The number of rotatable bonds is 6. The fourth-order valence-corrected chi connectivity index (χ4v) is 2.40. The van der Waals surface area contributed by atoms with Crippen molar-refractivity contribution in [1.29, 1.82) is 0 Å². The Morgan fingerprint density at radius 2 is 1.83 bits per heavy atom. The van der Waals surface area contributed by atoms with E-state index in [1.807, 2.05) is 50.4 Å². The normalized spacial score (nSPS) is 12.1. The highest BCUT2D eigenvalue weighted by atomic mass is 14.7. The van der Waals surface area contributed by atoms with Crippen molar-refractivity contribution in [3.63, 3.8) is 0 Å². The molecule has 1 atom stereocenters. The zero-order chi connectivity index (χ0) is 17.1. The number of aromatic nitrogens is 1. The highest BCUT2D eigenvalue weighted by Crippen LogP contribution is 2.20. The van der Waals surface area contributed by atoms with Gasteiger partial charge in [-0.25, -0.2) is 0 Å². The Morgan fingerprint density at radius 1 is 1.13 bits per heavy atom. The number of pyridine rings is 1. The van der Waals surface area contributed by atoms with Gasteiger partial charge >= 0.3 is 0 Å². The zero-order valence-electron chi connectivity index (χ0n) is 14.5. The quantitative estimate of drug-likeness (QED) is 0.761. The van der Waals surface area contributed by atoms with Crippen LogP contribution in [-0.4, -0.2) is 11.5 Å². The van der Waals surface area contributed by atoms with E-state index < -0.39 is 0 Å².